The summed E-state index contributed by atoms with van der Waals surface area (Å²) in [4.78, 5) is 177. The van der Waals surface area contributed by atoms with Crippen LogP contribution >= 0.6 is 0 Å². The summed E-state index contributed by atoms with van der Waals surface area (Å²) in [6, 6.07) is 4.79. The Bertz CT molecular complexity index is 2890. The number of carbonyl (C=O) groups is 14. The SMILES string of the molecule is CC(=O)Oc1cc(C(=O)OC[C@H]2O[C@H](OC(=O)c3cc(OC(C)=O)c(OC(C)=O)c(OC(C)=O)c3)[C@](COC(=O)c3cc(OC(C)=O)c(OC(C)=O)c(OC(C)=O)c3)(OC(C)=O)[C@@H]2OC(C)=O)cc(OC(C)=O)c1OC(C)=O. The average molecular weight is 1100 g/mol. The van der Waals surface area contributed by atoms with Crippen molar-refractivity contribution in [1.82, 2.24) is 0 Å². The van der Waals surface area contributed by atoms with E-state index in [1.807, 2.05) is 0 Å². The number of carbonyl (C=O) groups excluding carboxylic acids is 14. The normalized spacial score (nSPS) is 16.1. The Morgan fingerprint density at radius 2 is 0.667 bits per heavy atom. The number of hydrogen-bond acceptors (Lipinski definition) is 29. The lowest BCUT2D eigenvalue weighted by Gasteiger charge is -2.35. The van der Waals surface area contributed by atoms with Crippen molar-refractivity contribution in [3.05, 3.63) is 53.1 Å². The van der Waals surface area contributed by atoms with Crippen molar-refractivity contribution in [2.24, 2.45) is 0 Å². The third-order valence-corrected chi connectivity index (χ3v) is 9.19. The molecule has 0 saturated carbocycles. The first-order valence-corrected chi connectivity index (χ1v) is 22.2. The Labute approximate surface area is 439 Å². The maximum Gasteiger partial charge on any atom is 0.340 e. The average Bonchev–Trinajstić information content (AvgIpc) is 3.61. The molecule has 4 rings (SSSR count). The van der Waals surface area contributed by atoms with Crippen LogP contribution in [-0.2, 0) is 81.2 Å². The van der Waals surface area contributed by atoms with E-state index in [0.29, 0.717) is 0 Å². The summed E-state index contributed by atoms with van der Waals surface area (Å²) >= 11 is 0. The minimum Gasteiger partial charge on any atom is -0.459 e. The van der Waals surface area contributed by atoms with Gasteiger partial charge in [-0.25, -0.2) is 14.4 Å². The van der Waals surface area contributed by atoms with Gasteiger partial charge in [-0.05, 0) is 36.4 Å². The third-order valence-electron chi connectivity index (χ3n) is 9.19. The van der Waals surface area contributed by atoms with Crippen LogP contribution in [-0.4, -0.2) is 121 Å². The van der Waals surface area contributed by atoms with E-state index < -0.39 is 189 Å². The molecule has 78 heavy (non-hydrogen) atoms. The lowest BCUT2D eigenvalue weighted by Crippen LogP contribution is -2.58. The molecule has 416 valence electrons. The Morgan fingerprint density at radius 3 is 0.949 bits per heavy atom. The maximum atomic E-state index is 14.3. The van der Waals surface area contributed by atoms with E-state index in [1.54, 1.807) is 0 Å². The van der Waals surface area contributed by atoms with E-state index in [1.165, 1.54) is 0 Å². The largest absolute Gasteiger partial charge is 0.459 e. The standard InChI is InChI=1S/C49H46O29/c1-20(50)66-34-12-31(13-35(67-21(2)51)41(34)72-26(7)56)45(61)64-18-40-44(75-29(10)59)49(78-30(11)60,19-65-46(62)32-14-36(68-22(3)52)42(73-27(8)57)37(15-32)69-23(4)53)48(76-40)77-47(63)33-16-38(70-24(5)54)43(74-28(9)58)39(17-33)71-25(6)55/h12-17,40,44,48H,18-19H2,1-11H3/t40-,44-,48-,49-/m1/s1. The van der Waals surface area contributed by atoms with Gasteiger partial charge in [-0.15, -0.1) is 0 Å². The van der Waals surface area contributed by atoms with Crippen LogP contribution in [0.1, 0.15) is 107 Å². The summed E-state index contributed by atoms with van der Waals surface area (Å²) < 4.78 is 80.0. The highest BCUT2D eigenvalue weighted by molar-refractivity contribution is 5.95. The number of esters is 14. The lowest BCUT2D eigenvalue weighted by molar-refractivity contribution is -0.219. The van der Waals surface area contributed by atoms with Crippen LogP contribution in [0.5, 0.6) is 51.7 Å². The van der Waals surface area contributed by atoms with Crippen LogP contribution in [0.15, 0.2) is 36.4 Å². The van der Waals surface area contributed by atoms with Crippen molar-refractivity contribution >= 4 is 83.6 Å². The molecule has 0 unspecified atom stereocenters. The molecule has 3 aromatic rings. The highest BCUT2D eigenvalue weighted by Crippen LogP contribution is 2.44. The van der Waals surface area contributed by atoms with Crippen molar-refractivity contribution in [3.63, 3.8) is 0 Å². The van der Waals surface area contributed by atoms with Gasteiger partial charge in [0.05, 0.1) is 16.7 Å². The minimum absolute atomic E-state index is 0.575. The second-order valence-electron chi connectivity index (χ2n) is 15.9. The van der Waals surface area contributed by atoms with Crippen molar-refractivity contribution in [2.45, 2.75) is 100 Å². The highest BCUT2D eigenvalue weighted by atomic mass is 16.8. The fourth-order valence-corrected chi connectivity index (χ4v) is 6.82. The van der Waals surface area contributed by atoms with Crippen LogP contribution in [0.2, 0.25) is 0 Å². The number of ether oxygens (including phenoxy) is 15. The molecule has 4 atom stereocenters. The van der Waals surface area contributed by atoms with E-state index in [9.17, 15) is 67.1 Å². The van der Waals surface area contributed by atoms with E-state index in [2.05, 4.69) is 0 Å². The molecule has 3 aromatic carbocycles. The summed E-state index contributed by atoms with van der Waals surface area (Å²) in [6.45, 7) is 7.49. The molecule has 29 nitrogen and oxygen atoms in total. The predicted molar refractivity (Wildman–Crippen MR) is 246 cm³/mol. The van der Waals surface area contributed by atoms with E-state index in [-0.39, 0.29) is 0 Å². The smallest absolute Gasteiger partial charge is 0.340 e. The molecule has 1 fully saturated rings. The van der Waals surface area contributed by atoms with Gasteiger partial charge in [0.1, 0.15) is 19.3 Å². The van der Waals surface area contributed by atoms with E-state index in [0.717, 1.165) is 113 Å². The second-order valence-corrected chi connectivity index (χ2v) is 15.9. The fourth-order valence-electron chi connectivity index (χ4n) is 6.82. The first-order chi connectivity index (χ1) is 36.4. The Kier molecular flexibility index (Phi) is 20.3. The van der Waals surface area contributed by atoms with Gasteiger partial charge in [0.15, 0.2) is 40.6 Å². The van der Waals surface area contributed by atoms with Crippen molar-refractivity contribution < 1.29 is 138 Å². The molecular weight excluding hydrogens is 1050 g/mol. The number of hydrogen-bond donors (Lipinski definition) is 0. The van der Waals surface area contributed by atoms with Gasteiger partial charge in [-0.1, -0.05) is 0 Å². The van der Waals surface area contributed by atoms with Gasteiger partial charge < -0.3 is 71.1 Å². The Hall–Kier alpha value is -9.80. The zero-order valence-electron chi connectivity index (χ0n) is 42.9. The van der Waals surface area contributed by atoms with Gasteiger partial charge in [-0.3, -0.25) is 52.7 Å². The first kappa shape index (κ1) is 60.8. The Morgan fingerprint density at radius 1 is 0.372 bits per heavy atom. The second kappa shape index (κ2) is 26.1. The summed E-state index contributed by atoms with van der Waals surface area (Å²) in [6.07, 6.45) is -6.63. The number of benzene rings is 3. The minimum atomic E-state index is -2.92. The van der Waals surface area contributed by atoms with Crippen LogP contribution in [0.4, 0.5) is 0 Å². The molecule has 1 heterocycles. The molecule has 0 N–H and O–H groups in total. The van der Waals surface area contributed by atoms with Crippen LogP contribution < -0.4 is 42.6 Å². The molecule has 1 aliphatic rings. The highest BCUT2D eigenvalue weighted by Gasteiger charge is 2.65. The fraction of sp³-hybridized carbons (Fsp3) is 0.347. The van der Waals surface area contributed by atoms with Crippen LogP contribution in [0.25, 0.3) is 0 Å². The predicted octanol–water partition coefficient (Wildman–Crippen LogP) is 2.84. The van der Waals surface area contributed by atoms with Gasteiger partial charge in [-0.2, -0.15) is 0 Å². The molecule has 0 aliphatic carbocycles. The summed E-state index contributed by atoms with van der Waals surface area (Å²) in [5, 5.41) is 0. The van der Waals surface area contributed by atoms with Crippen molar-refractivity contribution in [3.8, 4) is 51.7 Å². The zero-order valence-corrected chi connectivity index (χ0v) is 42.9. The Balaban J connectivity index is 1.95. The van der Waals surface area contributed by atoms with E-state index in [4.69, 9.17) is 71.1 Å². The molecular formula is C49H46O29. The molecule has 0 aromatic heterocycles. The molecule has 0 spiro atoms. The van der Waals surface area contributed by atoms with Gasteiger partial charge in [0.2, 0.25) is 22.8 Å². The molecule has 0 radical (unpaired) electrons. The zero-order chi connectivity index (χ0) is 58.5. The maximum absolute atomic E-state index is 14.3. The summed E-state index contributed by atoms with van der Waals surface area (Å²) in [7, 11) is 0. The van der Waals surface area contributed by atoms with Gasteiger partial charge in [0.25, 0.3) is 6.29 Å². The quantitative estimate of drug-likeness (QED) is 0.0946. The summed E-state index contributed by atoms with van der Waals surface area (Å²) in [5.74, 6) is -22.1. The van der Waals surface area contributed by atoms with Crippen molar-refractivity contribution in [2.75, 3.05) is 13.2 Å². The third kappa shape index (κ3) is 16.6. The molecule has 0 bridgehead atoms. The van der Waals surface area contributed by atoms with Gasteiger partial charge in [0, 0.05) is 76.2 Å². The first-order valence-electron chi connectivity index (χ1n) is 22.2. The monoisotopic (exact) mass is 1100 g/mol. The van der Waals surface area contributed by atoms with Gasteiger partial charge >= 0.3 is 83.6 Å². The van der Waals surface area contributed by atoms with Crippen LogP contribution in [0.3, 0.4) is 0 Å². The lowest BCUT2D eigenvalue weighted by atomic mass is 9.95. The molecule has 1 aliphatic heterocycles. The molecule has 1 saturated heterocycles. The number of rotatable bonds is 19. The molecule has 0 amide bonds. The summed E-state index contributed by atoms with van der Waals surface area (Å²) in [5.41, 5.74) is -4.85. The molecule has 29 heteroatoms. The van der Waals surface area contributed by atoms with Crippen molar-refractivity contribution in [1.29, 1.82) is 0 Å². The van der Waals surface area contributed by atoms with Crippen LogP contribution in [0, 0.1) is 0 Å². The topological polar surface area (TPSA) is 377 Å². The van der Waals surface area contributed by atoms with E-state index >= 15 is 0 Å².